The van der Waals surface area contributed by atoms with E-state index < -0.39 is 0 Å². The average Bonchev–Trinajstić information content (AvgIpc) is 3.37. The van der Waals surface area contributed by atoms with Gasteiger partial charge in [-0.3, -0.25) is 19.2 Å². The van der Waals surface area contributed by atoms with Crippen LogP contribution in [0.3, 0.4) is 0 Å². The summed E-state index contributed by atoms with van der Waals surface area (Å²) in [4.78, 5) is 51.9. The van der Waals surface area contributed by atoms with Gasteiger partial charge in [0.25, 0.3) is 0 Å². The number of allylic oxidation sites excluding steroid dienone is 4. The highest BCUT2D eigenvalue weighted by molar-refractivity contribution is 6.43. The molecule has 132 valence electrons. The molecule has 4 nitrogen and oxygen atoms in total. The molecule has 8 unspecified atom stereocenters. The summed E-state index contributed by atoms with van der Waals surface area (Å²) in [6.07, 6.45) is 10.5. The van der Waals surface area contributed by atoms with Crippen molar-refractivity contribution in [3.8, 4) is 0 Å². The molecule has 4 heteroatoms. The van der Waals surface area contributed by atoms with E-state index in [1.165, 1.54) is 0 Å². The number of rotatable bonds is 0. The Morgan fingerprint density at radius 1 is 0.462 bits per heavy atom. The minimum atomic E-state index is -0.293. The second-order valence-electron chi connectivity index (χ2n) is 9.77. The van der Waals surface area contributed by atoms with E-state index in [1.54, 1.807) is 0 Å². The first kappa shape index (κ1) is 14.2. The van der Waals surface area contributed by atoms with Gasteiger partial charge in [0.2, 0.25) is 23.1 Å². The number of Topliss-reactive ketones (excluding diaryl/α,β-unsaturated/α-hetero) is 4. The molecule has 5 saturated carbocycles. The van der Waals surface area contributed by atoms with E-state index in [-0.39, 0.29) is 82.3 Å². The molecule has 0 aromatic rings. The van der Waals surface area contributed by atoms with Gasteiger partial charge in [-0.25, -0.2) is 0 Å². The third-order valence-corrected chi connectivity index (χ3v) is 9.28. The summed E-state index contributed by atoms with van der Waals surface area (Å²) in [6.45, 7) is 0. The lowest BCUT2D eigenvalue weighted by Crippen LogP contribution is -2.70. The Hall–Kier alpha value is -1.84. The molecule has 0 spiro atoms. The Morgan fingerprint density at radius 3 is 1.23 bits per heavy atom. The predicted octanol–water partition coefficient (Wildman–Crippen LogP) is 1.64. The van der Waals surface area contributed by atoms with Crippen LogP contribution in [0.5, 0.6) is 0 Å². The van der Waals surface area contributed by atoms with Crippen molar-refractivity contribution in [3.05, 3.63) is 24.3 Å². The van der Waals surface area contributed by atoms with Crippen LogP contribution < -0.4 is 0 Å². The van der Waals surface area contributed by atoms with Gasteiger partial charge in [0.05, 0.1) is 0 Å². The van der Waals surface area contributed by atoms with Gasteiger partial charge in [0, 0.05) is 23.7 Å². The molecule has 7 rings (SSSR count). The Bertz CT molecular complexity index is 801. The van der Waals surface area contributed by atoms with Gasteiger partial charge in [0.15, 0.2) is 0 Å². The van der Waals surface area contributed by atoms with E-state index in [0.29, 0.717) is 11.8 Å². The van der Waals surface area contributed by atoms with Crippen molar-refractivity contribution in [1.82, 2.24) is 0 Å². The quantitative estimate of drug-likeness (QED) is 0.493. The molecule has 0 aromatic carbocycles. The van der Waals surface area contributed by atoms with E-state index in [2.05, 4.69) is 24.3 Å². The van der Waals surface area contributed by atoms with Gasteiger partial charge in [-0.15, -0.1) is 0 Å². The smallest absolute Gasteiger partial charge is 0.202 e. The number of fused-ring (bicyclic) bond motifs is 16. The SMILES string of the molecule is O=C1C(=O)C2C(C3C(=O)C(=O)C4C5C=CC(C5)C4C23)C2C3C=CC(C3)C12. The maximum Gasteiger partial charge on any atom is 0.202 e. The molecule has 26 heavy (non-hydrogen) atoms. The van der Waals surface area contributed by atoms with Gasteiger partial charge in [0.1, 0.15) is 0 Å². The zero-order chi connectivity index (χ0) is 17.5. The first-order valence-electron chi connectivity index (χ1n) is 10.1. The zero-order valence-electron chi connectivity index (χ0n) is 14.3. The third-order valence-electron chi connectivity index (χ3n) is 9.28. The fourth-order valence-corrected chi connectivity index (χ4v) is 8.64. The van der Waals surface area contributed by atoms with E-state index in [4.69, 9.17) is 0 Å². The van der Waals surface area contributed by atoms with E-state index in [9.17, 15) is 19.2 Å². The van der Waals surface area contributed by atoms with Gasteiger partial charge < -0.3 is 0 Å². The van der Waals surface area contributed by atoms with E-state index in [0.717, 1.165) is 12.8 Å². The summed E-state index contributed by atoms with van der Waals surface area (Å²) in [5, 5.41) is 0. The normalized spacial score (nSPS) is 60.0. The van der Waals surface area contributed by atoms with Crippen molar-refractivity contribution in [1.29, 1.82) is 0 Å². The largest absolute Gasteiger partial charge is 0.291 e. The van der Waals surface area contributed by atoms with Gasteiger partial charge in [-0.2, -0.15) is 0 Å². The van der Waals surface area contributed by atoms with Crippen molar-refractivity contribution in [2.24, 2.45) is 71.0 Å². The van der Waals surface area contributed by atoms with Crippen LogP contribution in [0.1, 0.15) is 12.8 Å². The summed E-state index contributed by atoms with van der Waals surface area (Å²) in [6, 6.07) is 0. The second kappa shape index (κ2) is 4.18. The highest BCUT2D eigenvalue weighted by atomic mass is 16.2. The Kier molecular flexibility index (Phi) is 2.29. The molecular formula is C22H20O4. The maximum atomic E-state index is 13.1. The molecule has 5 fully saturated rings. The number of hydrogen-bond acceptors (Lipinski definition) is 4. The van der Waals surface area contributed by atoms with Crippen LogP contribution >= 0.6 is 0 Å². The van der Waals surface area contributed by atoms with Gasteiger partial charge in [-0.05, 0) is 60.2 Å². The molecule has 0 amide bonds. The van der Waals surface area contributed by atoms with Gasteiger partial charge in [-0.1, -0.05) is 24.3 Å². The van der Waals surface area contributed by atoms with Crippen LogP contribution in [0.4, 0.5) is 0 Å². The van der Waals surface area contributed by atoms with Crippen LogP contribution in [-0.2, 0) is 19.2 Å². The summed E-state index contributed by atoms with van der Waals surface area (Å²) in [5.41, 5.74) is 0. The Balaban J connectivity index is 1.37. The van der Waals surface area contributed by atoms with Crippen LogP contribution in [-0.4, -0.2) is 23.1 Å². The molecule has 8 atom stereocenters. The molecule has 4 bridgehead atoms. The van der Waals surface area contributed by atoms with Crippen molar-refractivity contribution >= 4 is 23.1 Å². The first-order valence-corrected chi connectivity index (χ1v) is 10.1. The summed E-state index contributed by atoms with van der Waals surface area (Å²) in [5.74, 6) is -0.721. The van der Waals surface area contributed by atoms with Crippen molar-refractivity contribution in [2.75, 3.05) is 0 Å². The summed E-state index contributed by atoms with van der Waals surface area (Å²) in [7, 11) is 0. The Morgan fingerprint density at radius 2 is 0.808 bits per heavy atom. The van der Waals surface area contributed by atoms with Crippen LogP contribution in [0.15, 0.2) is 24.3 Å². The molecule has 0 N–H and O–H groups in total. The fraction of sp³-hybridized carbons (Fsp3) is 0.636. The molecule has 0 saturated heterocycles. The fourth-order valence-electron chi connectivity index (χ4n) is 8.64. The van der Waals surface area contributed by atoms with Crippen molar-refractivity contribution in [2.45, 2.75) is 12.8 Å². The van der Waals surface area contributed by atoms with Crippen molar-refractivity contribution < 1.29 is 19.2 Å². The molecule has 0 radical (unpaired) electrons. The standard InChI is InChI=1S/C22H20O4/c23-19-13-9-3-1-7(5-9)11(13)15-17(21(19)25)16-12-8-2-4-10(6-8)14(12)20(24)22(26)18(15)16/h1-4,7-18H,5-6H2. The summed E-state index contributed by atoms with van der Waals surface area (Å²) >= 11 is 0. The summed E-state index contributed by atoms with van der Waals surface area (Å²) < 4.78 is 0. The molecule has 7 aliphatic carbocycles. The van der Waals surface area contributed by atoms with E-state index >= 15 is 0 Å². The second-order valence-corrected chi connectivity index (χ2v) is 9.77. The van der Waals surface area contributed by atoms with Crippen LogP contribution in [0.2, 0.25) is 0 Å². The van der Waals surface area contributed by atoms with Gasteiger partial charge >= 0.3 is 0 Å². The average molecular weight is 348 g/mol. The zero-order valence-corrected chi connectivity index (χ0v) is 14.3. The topological polar surface area (TPSA) is 68.3 Å². The lowest BCUT2D eigenvalue weighted by atomic mass is 9.38. The Labute approximate surface area is 151 Å². The molecule has 0 heterocycles. The molecule has 0 aliphatic heterocycles. The lowest BCUT2D eigenvalue weighted by Gasteiger charge is -2.62. The molecular weight excluding hydrogens is 328 g/mol. The lowest BCUT2D eigenvalue weighted by molar-refractivity contribution is -0.189. The molecule has 7 aliphatic rings. The van der Waals surface area contributed by atoms with Crippen LogP contribution in [0, 0.1) is 71.0 Å². The number of carbonyl (C=O) groups is 4. The minimum absolute atomic E-state index is 0.0596. The maximum absolute atomic E-state index is 13.1. The molecule has 0 aromatic heterocycles. The third kappa shape index (κ3) is 1.28. The highest BCUT2D eigenvalue weighted by Crippen LogP contribution is 2.70. The first-order chi connectivity index (χ1) is 12.6. The monoisotopic (exact) mass is 348 g/mol. The number of carbonyl (C=O) groups excluding carboxylic acids is 4. The van der Waals surface area contributed by atoms with Crippen molar-refractivity contribution in [3.63, 3.8) is 0 Å². The van der Waals surface area contributed by atoms with E-state index in [1.807, 2.05) is 0 Å². The van der Waals surface area contributed by atoms with Crippen LogP contribution in [0.25, 0.3) is 0 Å². The minimum Gasteiger partial charge on any atom is -0.291 e. The highest BCUT2D eigenvalue weighted by Gasteiger charge is 2.75. The number of ketones is 4. The number of hydrogen-bond donors (Lipinski definition) is 0. The predicted molar refractivity (Wildman–Crippen MR) is 89.4 cm³/mol.